The monoisotopic (exact) mass is 152 g/mol. The Morgan fingerprint density at radius 3 is 2.91 bits per heavy atom. The van der Waals surface area contributed by atoms with E-state index in [0.29, 0.717) is 12.1 Å². The summed E-state index contributed by atoms with van der Waals surface area (Å²) in [5, 5.41) is 0. The third-order valence-electron chi connectivity index (χ3n) is 2.92. The highest BCUT2D eigenvalue weighted by molar-refractivity contribution is 5.85. The molecule has 0 aromatic rings. The lowest BCUT2D eigenvalue weighted by Gasteiger charge is -2.30. The first-order valence-electron chi connectivity index (χ1n) is 4.62. The molecule has 0 aromatic heterocycles. The molecular formula is C9H16N2. The third-order valence-corrected chi connectivity index (χ3v) is 2.92. The van der Waals surface area contributed by atoms with Crippen LogP contribution in [-0.4, -0.2) is 29.4 Å². The van der Waals surface area contributed by atoms with Gasteiger partial charge in [-0.25, -0.2) is 0 Å². The molecule has 0 aromatic carbocycles. The fourth-order valence-electron chi connectivity index (χ4n) is 2.02. The number of amidine groups is 1. The number of fused-ring (bicyclic) bond motifs is 1. The van der Waals surface area contributed by atoms with E-state index in [4.69, 9.17) is 0 Å². The van der Waals surface area contributed by atoms with Crippen LogP contribution < -0.4 is 0 Å². The van der Waals surface area contributed by atoms with Crippen LogP contribution in [0.4, 0.5) is 0 Å². The molecule has 2 heteroatoms. The zero-order chi connectivity index (χ0) is 7.84. The van der Waals surface area contributed by atoms with E-state index in [9.17, 15) is 0 Å². The van der Waals surface area contributed by atoms with Crippen LogP contribution in [0.3, 0.4) is 0 Å². The third kappa shape index (κ3) is 1.05. The molecule has 2 heterocycles. The molecule has 1 fully saturated rings. The first-order valence-corrected chi connectivity index (χ1v) is 4.62. The maximum atomic E-state index is 4.63. The highest BCUT2D eigenvalue weighted by Crippen LogP contribution is 2.24. The van der Waals surface area contributed by atoms with Gasteiger partial charge in [0.1, 0.15) is 0 Å². The van der Waals surface area contributed by atoms with Crippen LogP contribution in [0.1, 0.15) is 33.1 Å². The van der Waals surface area contributed by atoms with E-state index in [1.54, 1.807) is 0 Å². The standard InChI is InChI=1S/C9H16N2/c1-7-8(2)11-6-4-3-5-9(11)10-7/h7-8H,3-6H2,1-2H3. The van der Waals surface area contributed by atoms with E-state index in [-0.39, 0.29) is 0 Å². The Kier molecular flexibility index (Phi) is 1.63. The Morgan fingerprint density at radius 2 is 2.18 bits per heavy atom. The van der Waals surface area contributed by atoms with Crippen LogP contribution in [0, 0.1) is 0 Å². The van der Waals surface area contributed by atoms with Crippen molar-refractivity contribution >= 4 is 5.84 Å². The van der Waals surface area contributed by atoms with Crippen molar-refractivity contribution in [3.05, 3.63) is 0 Å². The first-order chi connectivity index (χ1) is 5.29. The average molecular weight is 152 g/mol. The number of aliphatic imine (C=N–C) groups is 1. The van der Waals surface area contributed by atoms with Crippen LogP contribution in [-0.2, 0) is 0 Å². The van der Waals surface area contributed by atoms with Crippen LogP contribution in [0.2, 0.25) is 0 Å². The van der Waals surface area contributed by atoms with Crippen molar-refractivity contribution in [2.24, 2.45) is 4.99 Å². The van der Waals surface area contributed by atoms with Gasteiger partial charge in [0, 0.05) is 19.0 Å². The largest absolute Gasteiger partial charge is 0.356 e. The molecule has 2 unspecified atom stereocenters. The van der Waals surface area contributed by atoms with E-state index in [0.717, 1.165) is 0 Å². The molecule has 0 saturated carbocycles. The van der Waals surface area contributed by atoms with Gasteiger partial charge in [-0.15, -0.1) is 0 Å². The molecular weight excluding hydrogens is 136 g/mol. The Hall–Kier alpha value is -0.530. The van der Waals surface area contributed by atoms with Crippen molar-refractivity contribution in [1.29, 1.82) is 0 Å². The second kappa shape index (κ2) is 2.50. The topological polar surface area (TPSA) is 15.6 Å². The molecule has 1 saturated heterocycles. The lowest BCUT2D eigenvalue weighted by Crippen LogP contribution is -2.39. The van der Waals surface area contributed by atoms with Gasteiger partial charge in [0.2, 0.25) is 0 Å². The fourth-order valence-corrected chi connectivity index (χ4v) is 2.02. The molecule has 11 heavy (non-hydrogen) atoms. The van der Waals surface area contributed by atoms with Gasteiger partial charge < -0.3 is 4.90 Å². The predicted molar refractivity (Wildman–Crippen MR) is 46.9 cm³/mol. The lowest BCUT2D eigenvalue weighted by atomic mass is 10.1. The minimum absolute atomic E-state index is 0.531. The molecule has 0 aliphatic carbocycles. The Bertz CT molecular complexity index is 186. The van der Waals surface area contributed by atoms with Crippen molar-refractivity contribution in [3.63, 3.8) is 0 Å². The van der Waals surface area contributed by atoms with E-state index in [2.05, 4.69) is 23.7 Å². The molecule has 0 amide bonds. The van der Waals surface area contributed by atoms with Crippen molar-refractivity contribution in [2.45, 2.75) is 45.2 Å². The summed E-state index contributed by atoms with van der Waals surface area (Å²) in [6.45, 7) is 5.74. The Balaban J connectivity index is 2.16. The average Bonchev–Trinajstić information content (AvgIpc) is 2.30. The quantitative estimate of drug-likeness (QED) is 0.515. The van der Waals surface area contributed by atoms with Crippen LogP contribution >= 0.6 is 0 Å². The molecule has 2 aliphatic heterocycles. The lowest BCUT2D eigenvalue weighted by molar-refractivity contribution is 0.304. The van der Waals surface area contributed by atoms with Gasteiger partial charge in [-0.2, -0.15) is 0 Å². The van der Waals surface area contributed by atoms with E-state index in [1.165, 1.54) is 31.6 Å². The summed E-state index contributed by atoms with van der Waals surface area (Å²) in [4.78, 5) is 7.11. The van der Waals surface area contributed by atoms with Gasteiger partial charge in [-0.05, 0) is 26.7 Å². The van der Waals surface area contributed by atoms with Crippen molar-refractivity contribution < 1.29 is 0 Å². The summed E-state index contributed by atoms with van der Waals surface area (Å²) >= 11 is 0. The van der Waals surface area contributed by atoms with E-state index < -0.39 is 0 Å². The first kappa shape index (κ1) is 7.14. The highest BCUT2D eigenvalue weighted by Gasteiger charge is 2.30. The van der Waals surface area contributed by atoms with Crippen LogP contribution in [0.15, 0.2) is 4.99 Å². The van der Waals surface area contributed by atoms with E-state index in [1.807, 2.05) is 0 Å². The van der Waals surface area contributed by atoms with Gasteiger partial charge in [0.25, 0.3) is 0 Å². The highest BCUT2D eigenvalue weighted by atomic mass is 15.3. The normalized spacial score (nSPS) is 36.9. The van der Waals surface area contributed by atoms with Gasteiger partial charge in [0.05, 0.1) is 11.9 Å². The molecule has 0 radical (unpaired) electrons. The number of piperidine rings is 1. The zero-order valence-corrected chi connectivity index (χ0v) is 7.38. The summed E-state index contributed by atoms with van der Waals surface area (Å²) in [5.41, 5.74) is 0. The van der Waals surface area contributed by atoms with Crippen molar-refractivity contribution in [3.8, 4) is 0 Å². The summed E-state index contributed by atoms with van der Waals surface area (Å²) in [5.74, 6) is 1.37. The van der Waals surface area contributed by atoms with Gasteiger partial charge in [0.15, 0.2) is 0 Å². The van der Waals surface area contributed by atoms with E-state index >= 15 is 0 Å². The summed E-state index contributed by atoms with van der Waals surface area (Å²) < 4.78 is 0. The Labute approximate surface area is 68.3 Å². The molecule has 2 rings (SSSR count). The van der Waals surface area contributed by atoms with Gasteiger partial charge in [-0.1, -0.05) is 0 Å². The molecule has 0 bridgehead atoms. The fraction of sp³-hybridized carbons (Fsp3) is 0.889. The predicted octanol–water partition coefficient (Wildman–Crippen LogP) is 1.66. The van der Waals surface area contributed by atoms with Gasteiger partial charge >= 0.3 is 0 Å². The zero-order valence-electron chi connectivity index (χ0n) is 7.38. The SMILES string of the molecule is CC1N=C2CCCCN2C1C. The maximum absolute atomic E-state index is 4.63. The van der Waals surface area contributed by atoms with Crippen LogP contribution in [0.5, 0.6) is 0 Å². The molecule has 0 spiro atoms. The van der Waals surface area contributed by atoms with Crippen molar-refractivity contribution in [2.75, 3.05) is 6.54 Å². The maximum Gasteiger partial charge on any atom is 0.0996 e. The summed E-state index contributed by atoms with van der Waals surface area (Å²) in [7, 11) is 0. The number of rotatable bonds is 0. The van der Waals surface area contributed by atoms with Crippen LogP contribution in [0.25, 0.3) is 0 Å². The Morgan fingerprint density at radius 1 is 1.36 bits per heavy atom. The molecule has 2 aliphatic rings. The minimum atomic E-state index is 0.531. The molecule has 2 atom stereocenters. The van der Waals surface area contributed by atoms with Gasteiger partial charge in [-0.3, -0.25) is 4.99 Å². The molecule has 2 nitrogen and oxygen atoms in total. The molecule has 0 N–H and O–H groups in total. The second-order valence-electron chi connectivity index (χ2n) is 3.68. The second-order valence-corrected chi connectivity index (χ2v) is 3.68. The smallest absolute Gasteiger partial charge is 0.0996 e. The number of hydrogen-bond donors (Lipinski definition) is 0. The minimum Gasteiger partial charge on any atom is -0.356 e. The van der Waals surface area contributed by atoms with Crippen molar-refractivity contribution in [1.82, 2.24) is 4.90 Å². The number of hydrogen-bond acceptors (Lipinski definition) is 2. The summed E-state index contributed by atoms with van der Waals surface area (Å²) in [6, 6.07) is 1.19. The molecule has 62 valence electrons. The number of nitrogens with zero attached hydrogens (tertiary/aromatic N) is 2. The summed E-state index contributed by atoms with van der Waals surface area (Å²) in [6.07, 6.45) is 3.92.